The van der Waals surface area contributed by atoms with E-state index in [1.165, 1.54) is 11.8 Å². The quantitative estimate of drug-likeness (QED) is 0.549. The average Bonchev–Trinajstić information content (AvgIpc) is 2.89. The van der Waals surface area contributed by atoms with Gasteiger partial charge < -0.3 is 14.2 Å². The first-order valence-corrected chi connectivity index (χ1v) is 11.5. The second kappa shape index (κ2) is 7.89. The average molecular weight is 421 g/mol. The van der Waals surface area contributed by atoms with Gasteiger partial charge in [0.15, 0.2) is 17.6 Å². The maximum atomic E-state index is 11.0. The number of hydrogen-bond acceptors (Lipinski definition) is 6. The molecular formula is C19H32O6S2. The van der Waals surface area contributed by atoms with Gasteiger partial charge in [0, 0.05) is 17.4 Å². The van der Waals surface area contributed by atoms with Crippen molar-refractivity contribution in [3.8, 4) is 11.5 Å². The van der Waals surface area contributed by atoms with Crippen LogP contribution in [0.25, 0.3) is 0 Å². The first kappa shape index (κ1) is 22.5. The molecule has 2 rings (SSSR count). The van der Waals surface area contributed by atoms with Gasteiger partial charge in [-0.25, -0.2) is 0 Å². The molecule has 156 valence electrons. The van der Waals surface area contributed by atoms with E-state index in [4.69, 9.17) is 18.8 Å². The topological polar surface area (TPSA) is 82.1 Å². The SMILES string of the molecule is CC(CCOCC1COc2c(C(C)(C)C)sc(C(C)(C)C)c2O1)S(=O)(=O)O. The molecule has 1 aliphatic heterocycles. The summed E-state index contributed by atoms with van der Waals surface area (Å²) in [6, 6.07) is 0. The minimum atomic E-state index is -4.02. The zero-order chi connectivity index (χ0) is 20.6. The van der Waals surface area contributed by atoms with Gasteiger partial charge in [0.2, 0.25) is 0 Å². The molecule has 0 bridgehead atoms. The highest BCUT2D eigenvalue weighted by atomic mass is 32.2. The Kier molecular flexibility index (Phi) is 6.56. The van der Waals surface area contributed by atoms with E-state index in [1.807, 2.05) is 0 Å². The summed E-state index contributed by atoms with van der Waals surface area (Å²) in [6.45, 7) is 15.4. The van der Waals surface area contributed by atoms with Gasteiger partial charge in [-0.15, -0.1) is 11.3 Å². The van der Waals surface area contributed by atoms with Crippen LogP contribution in [-0.4, -0.2) is 44.1 Å². The third-order valence-corrected chi connectivity index (χ3v) is 7.62. The highest BCUT2D eigenvalue weighted by molar-refractivity contribution is 7.86. The van der Waals surface area contributed by atoms with E-state index in [0.29, 0.717) is 13.2 Å². The van der Waals surface area contributed by atoms with Gasteiger partial charge in [0.25, 0.3) is 10.1 Å². The highest BCUT2D eigenvalue weighted by Crippen LogP contribution is 2.53. The summed E-state index contributed by atoms with van der Waals surface area (Å²) in [5.74, 6) is 1.65. The minimum absolute atomic E-state index is 0.0309. The number of rotatable bonds is 6. The molecule has 1 aliphatic rings. The molecule has 8 heteroatoms. The van der Waals surface area contributed by atoms with Crippen molar-refractivity contribution in [2.24, 2.45) is 0 Å². The Hall–Kier alpha value is -0.830. The maximum Gasteiger partial charge on any atom is 0.267 e. The van der Waals surface area contributed by atoms with E-state index in [0.717, 1.165) is 16.4 Å². The van der Waals surface area contributed by atoms with Crippen LogP contribution in [-0.2, 0) is 25.7 Å². The van der Waals surface area contributed by atoms with Gasteiger partial charge >= 0.3 is 0 Å². The van der Waals surface area contributed by atoms with Gasteiger partial charge in [-0.05, 0) is 13.3 Å². The number of thiophene rings is 1. The molecule has 2 atom stereocenters. The van der Waals surface area contributed by atoms with Crippen LogP contribution in [0.15, 0.2) is 0 Å². The van der Waals surface area contributed by atoms with Crippen molar-refractivity contribution in [3.63, 3.8) is 0 Å². The molecule has 2 heterocycles. The predicted octanol–water partition coefficient (Wildman–Crippen LogP) is 4.17. The molecule has 0 saturated carbocycles. The number of hydrogen-bond donors (Lipinski definition) is 1. The molecule has 0 radical (unpaired) electrons. The summed E-state index contributed by atoms with van der Waals surface area (Å²) in [6.07, 6.45) is -0.0144. The summed E-state index contributed by atoms with van der Waals surface area (Å²) in [5.41, 5.74) is -0.0911. The van der Waals surface area contributed by atoms with Crippen LogP contribution in [0.2, 0.25) is 0 Å². The molecule has 1 N–H and O–H groups in total. The Balaban J connectivity index is 2.06. The van der Waals surface area contributed by atoms with Gasteiger partial charge in [-0.2, -0.15) is 8.42 Å². The molecule has 2 unspecified atom stereocenters. The van der Waals surface area contributed by atoms with Crippen molar-refractivity contribution in [2.75, 3.05) is 19.8 Å². The van der Waals surface area contributed by atoms with Crippen LogP contribution in [0, 0.1) is 0 Å². The third kappa shape index (κ3) is 5.59. The molecule has 6 nitrogen and oxygen atoms in total. The minimum Gasteiger partial charge on any atom is -0.485 e. The van der Waals surface area contributed by atoms with Gasteiger partial charge in [0.05, 0.1) is 21.6 Å². The van der Waals surface area contributed by atoms with Gasteiger partial charge in [0.1, 0.15) is 6.61 Å². The second-order valence-electron chi connectivity index (χ2n) is 9.16. The van der Waals surface area contributed by atoms with Crippen molar-refractivity contribution < 1.29 is 27.2 Å². The summed E-state index contributed by atoms with van der Waals surface area (Å²) < 4.78 is 48.9. The molecule has 0 aromatic carbocycles. The molecule has 0 aliphatic carbocycles. The van der Waals surface area contributed by atoms with E-state index < -0.39 is 15.4 Å². The zero-order valence-electron chi connectivity index (χ0n) is 17.3. The maximum absolute atomic E-state index is 11.0. The normalized spacial score (nSPS) is 19.2. The first-order chi connectivity index (χ1) is 12.2. The van der Waals surface area contributed by atoms with Crippen molar-refractivity contribution in [1.29, 1.82) is 0 Å². The summed E-state index contributed by atoms with van der Waals surface area (Å²) in [5, 5.41) is -0.841. The summed E-state index contributed by atoms with van der Waals surface area (Å²) >= 11 is 1.74. The molecule has 1 aromatic heterocycles. The molecule has 1 aromatic rings. The lowest BCUT2D eigenvalue weighted by molar-refractivity contribution is 0.00721. The van der Waals surface area contributed by atoms with Crippen LogP contribution < -0.4 is 9.47 Å². The summed E-state index contributed by atoms with van der Waals surface area (Å²) in [4.78, 5) is 2.34. The Morgan fingerprint density at radius 1 is 1.15 bits per heavy atom. The van der Waals surface area contributed by atoms with Crippen molar-refractivity contribution >= 4 is 21.5 Å². The first-order valence-electron chi connectivity index (χ1n) is 9.22. The van der Waals surface area contributed by atoms with Crippen LogP contribution in [0.4, 0.5) is 0 Å². The van der Waals surface area contributed by atoms with Crippen molar-refractivity contribution in [1.82, 2.24) is 0 Å². The zero-order valence-corrected chi connectivity index (χ0v) is 18.9. The van der Waals surface area contributed by atoms with Crippen LogP contribution in [0.5, 0.6) is 11.5 Å². The van der Waals surface area contributed by atoms with Crippen molar-refractivity contribution in [3.05, 3.63) is 9.75 Å². The lowest BCUT2D eigenvalue weighted by Crippen LogP contribution is -2.34. The summed E-state index contributed by atoms with van der Waals surface area (Å²) in [7, 11) is -4.02. The fourth-order valence-corrected chi connectivity index (χ4v) is 4.39. The van der Waals surface area contributed by atoms with E-state index in [1.54, 1.807) is 11.3 Å². The van der Waals surface area contributed by atoms with Crippen LogP contribution in [0.1, 0.15) is 64.6 Å². The van der Waals surface area contributed by atoms with E-state index >= 15 is 0 Å². The van der Waals surface area contributed by atoms with Crippen LogP contribution >= 0.6 is 11.3 Å². The molecule has 0 amide bonds. The second-order valence-corrected chi connectivity index (χ2v) is 12.0. The number of fused-ring (bicyclic) bond motifs is 1. The van der Waals surface area contributed by atoms with Gasteiger partial charge in [-0.1, -0.05) is 41.5 Å². The molecule has 27 heavy (non-hydrogen) atoms. The molecule has 0 spiro atoms. The van der Waals surface area contributed by atoms with Crippen LogP contribution in [0.3, 0.4) is 0 Å². The standard InChI is InChI=1S/C19H32O6S2/c1-12(27(20,21)22)8-9-23-10-13-11-24-14-15(25-13)17(19(5,6)7)26-16(14)18(2,3)4/h12-13H,8-11H2,1-7H3,(H,20,21,22). The molecule has 0 fully saturated rings. The Labute approximate surface area is 167 Å². The van der Waals surface area contributed by atoms with Crippen molar-refractivity contribution in [2.45, 2.75) is 77.1 Å². The number of ether oxygens (including phenoxy) is 3. The largest absolute Gasteiger partial charge is 0.485 e. The van der Waals surface area contributed by atoms with E-state index in [2.05, 4.69) is 41.5 Å². The molecule has 0 saturated heterocycles. The Bertz CT molecular complexity index is 752. The predicted molar refractivity (Wildman–Crippen MR) is 108 cm³/mol. The Morgan fingerprint density at radius 2 is 1.70 bits per heavy atom. The fourth-order valence-electron chi connectivity index (χ4n) is 2.70. The third-order valence-electron chi connectivity index (χ3n) is 4.36. The lowest BCUT2D eigenvalue weighted by Gasteiger charge is -2.29. The van der Waals surface area contributed by atoms with E-state index in [-0.39, 0.29) is 30.0 Å². The Morgan fingerprint density at radius 3 is 2.22 bits per heavy atom. The van der Waals surface area contributed by atoms with E-state index in [9.17, 15) is 8.42 Å². The molecular weight excluding hydrogens is 388 g/mol. The fraction of sp³-hybridized carbons (Fsp3) is 0.789. The highest BCUT2D eigenvalue weighted by Gasteiger charge is 2.37. The van der Waals surface area contributed by atoms with Gasteiger partial charge in [-0.3, -0.25) is 4.55 Å². The monoisotopic (exact) mass is 420 g/mol. The smallest absolute Gasteiger partial charge is 0.267 e. The lowest BCUT2D eigenvalue weighted by atomic mass is 9.91.